The van der Waals surface area contributed by atoms with Crippen LogP contribution >= 0.6 is 0 Å². The molecule has 0 saturated heterocycles. The Morgan fingerprint density at radius 3 is 0.897 bits per heavy atom. The van der Waals surface area contributed by atoms with Crippen LogP contribution in [0.3, 0.4) is 0 Å². The predicted molar refractivity (Wildman–Crippen MR) is 126 cm³/mol. The molecule has 0 unspecified atom stereocenters. The minimum Gasteiger partial charge on any atom is -0.351 e. The molecule has 0 aliphatic carbocycles. The van der Waals surface area contributed by atoms with Gasteiger partial charge in [-0.2, -0.15) is 0 Å². The van der Waals surface area contributed by atoms with E-state index in [1.165, 1.54) is 77.0 Å². The normalized spacial score (nSPS) is 12.0. The molecule has 0 spiro atoms. The van der Waals surface area contributed by atoms with Crippen LogP contribution in [0.1, 0.15) is 130 Å². The van der Waals surface area contributed by atoms with Gasteiger partial charge in [0, 0.05) is 26.4 Å². The summed E-state index contributed by atoms with van der Waals surface area (Å²) < 4.78 is 25.0. The van der Waals surface area contributed by atoms with Crippen LogP contribution in [0.2, 0.25) is 0 Å². The first-order chi connectivity index (χ1) is 14.2. The summed E-state index contributed by atoms with van der Waals surface area (Å²) in [7, 11) is -3.03. The van der Waals surface area contributed by atoms with Crippen molar-refractivity contribution < 1.29 is 17.7 Å². The quantitative estimate of drug-likeness (QED) is 0.115. The number of unbranched alkanes of at least 4 members (excludes halogenated alkanes) is 12. The first-order valence-electron chi connectivity index (χ1n) is 12.8. The van der Waals surface area contributed by atoms with Crippen LogP contribution in [-0.4, -0.2) is 35.5 Å². The molecule has 0 aliphatic rings. The Hall–Kier alpha value is 0.0569. The molecule has 5 heteroatoms. The molecular formula is C24H52O4Si. The van der Waals surface area contributed by atoms with Crippen LogP contribution in [-0.2, 0) is 17.7 Å². The van der Waals surface area contributed by atoms with E-state index in [2.05, 4.69) is 27.7 Å². The summed E-state index contributed by atoms with van der Waals surface area (Å²) in [6.45, 7) is 11.7. The third-order valence-corrected chi connectivity index (χ3v) is 7.34. The molecule has 0 rings (SSSR count). The molecule has 0 fully saturated rings. The molecular weight excluding hydrogens is 380 g/mol. The third-order valence-electron chi connectivity index (χ3n) is 5.11. The standard InChI is InChI=1S/C24H52O4Si/c1-5-9-13-15-19-23-27-29(25-21-17-11-7-3,26-22-18-12-8-4)28-24-20-16-14-10-6-2/h5-24H2,1-4H3. The van der Waals surface area contributed by atoms with Gasteiger partial charge >= 0.3 is 9.05 Å². The summed E-state index contributed by atoms with van der Waals surface area (Å²) in [5, 5.41) is 0. The maximum Gasteiger partial charge on any atom is 0.679 e. The Labute approximate surface area is 183 Å². The van der Waals surface area contributed by atoms with Crippen LogP contribution in [0.25, 0.3) is 0 Å². The van der Waals surface area contributed by atoms with Gasteiger partial charge in [-0.15, -0.1) is 0 Å². The molecule has 0 aromatic carbocycles. The van der Waals surface area contributed by atoms with E-state index in [4.69, 9.17) is 17.7 Å². The molecule has 0 atom stereocenters. The molecule has 0 aliphatic heterocycles. The van der Waals surface area contributed by atoms with Crippen molar-refractivity contribution in [3.8, 4) is 0 Å². The lowest BCUT2D eigenvalue weighted by Gasteiger charge is -2.28. The second-order valence-electron chi connectivity index (χ2n) is 8.14. The van der Waals surface area contributed by atoms with Gasteiger partial charge in [-0.05, 0) is 25.7 Å². The zero-order valence-corrected chi connectivity index (χ0v) is 21.3. The van der Waals surface area contributed by atoms with Gasteiger partial charge in [0.2, 0.25) is 0 Å². The summed E-state index contributed by atoms with van der Waals surface area (Å²) in [5.74, 6) is 0. The topological polar surface area (TPSA) is 36.9 Å². The molecule has 0 radical (unpaired) electrons. The van der Waals surface area contributed by atoms with Crippen LogP contribution in [0.4, 0.5) is 0 Å². The Balaban J connectivity index is 4.63. The average molecular weight is 433 g/mol. The van der Waals surface area contributed by atoms with Gasteiger partial charge in [-0.25, -0.2) is 0 Å². The van der Waals surface area contributed by atoms with Crippen molar-refractivity contribution in [2.24, 2.45) is 0 Å². The Morgan fingerprint density at radius 2 is 0.586 bits per heavy atom. The molecule has 0 heterocycles. The van der Waals surface area contributed by atoms with Gasteiger partial charge in [0.15, 0.2) is 0 Å². The average Bonchev–Trinajstić information content (AvgIpc) is 2.73. The maximum atomic E-state index is 6.27. The van der Waals surface area contributed by atoms with Gasteiger partial charge in [0.05, 0.1) is 0 Å². The fourth-order valence-electron chi connectivity index (χ4n) is 3.15. The third kappa shape index (κ3) is 18.5. The van der Waals surface area contributed by atoms with Crippen molar-refractivity contribution in [2.45, 2.75) is 130 Å². The predicted octanol–water partition coefficient (Wildman–Crippen LogP) is 7.81. The van der Waals surface area contributed by atoms with Gasteiger partial charge in [0.25, 0.3) is 0 Å². The van der Waals surface area contributed by atoms with Crippen molar-refractivity contribution >= 4 is 9.05 Å². The van der Waals surface area contributed by atoms with Crippen LogP contribution < -0.4 is 0 Å². The summed E-state index contributed by atoms with van der Waals surface area (Å²) >= 11 is 0. The summed E-state index contributed by atoms with van der Waals surface area (Å²) in [5.41, 5.74) is 0. The lowest BCUT2D eigenvalue weighted by atomic mass is 10.2. The molecule has 0 saturated carbocycles. The highest BCUT2D eigenvalue weighted by atomic mass is 28.4. The van der Waals surface area contributed by atoms with Crippen molar-refractivity contribution in [2.75, 3.05) is 26.4 Å². The fourth-order valence-corrected chi connectivity index (χ4v) is 5.23. The van der Waals surface area contributed by atoms with Gasteiger partial charge in [-0.1, -0.05) is 105 Å². The minimum atomic E-state index is -3.03. The van der Waals surface area contributed by atoms with E-state index in [0.717, 1.165) is 25.7 Å². The van der Waals surface area contributed by atoms with E-state index < -0.39 is 9.05 Å². The van der Waals surface area contributed by atoms with Crippen LogP contribution in [0.5, 0.6) is 0 Å². The molecule has 0 bridgehead atoms. The lowest BCUT2D eigenvalue weighted by Crippen LogP contribution is -2.50. The summed E-state index contributed by atoms with van der Waals surface area (Å²) in [6, 6.07) is 0. The van der Waals surface area contributed by atoms with Gasteiger partial charge < -0.3 is 17.7 Å². The first-order valence-corrected chi connectivity index (χ1v) is 14.4. The Kier molecular flexibility index (Phi) is 22.8. The molecule has 0 aromatic rings. The van der Waals surface area contributed by atoms with E-state index in [9.17, 15) is 0 Å². The van der Waals surface area contributed by atoms with Crippen molar-refractivity contribution in [1.29, 1.82) is 0 Å². The monoisotopic (exact) mass is 432 g/mol. The second kappa shape index (κ2) is 22.7. The van der Waals surface area contributed by atoms with E-state index in [1.54, 1.807) is 0 Å². The molecule has 29 heavy (non-hydrogen) atoms. The summed E-state index contributed by atoms with van der Waals surface area (Å²) in [4.78, 5) is 0. The number of hydrogen-bond donors (Lipinski definition) is 0. The molecule has 4 nitrogen and oxygen atoms in total. The van der Waals surface area contributed by atoms with Crippen LogP contribution in [0.15, 0.2) is 0 Å². The second-order valence-corrected chi connectivity index (χ2v) is 10.3. The Morgan fingerprint density at radius 1 is 0.345 bits per heavy atom. The molecule has 0 aromatic heterocycles. The van der Waals surface area contributed by atoms with Crippen molar-refractivity contribution in [3.63, 3.8) is 0 Å². The number of rotatable bonds is 24. The maximum absolute atomic E-state index is 6.27. The zero-order chi connectivity index (χ0) is 21.5. The highest BCUT2D eigenvalue weighted by molar-refractivity contribution is 6.53. The number of hydrogen-bond acceptors (Lipinski definition) is 4. The highest BCUT2D eigenvalue weighted by Gasteiger charge is 2.45. The smallest absolute Gasteiger partial charge is 0.351 e. The SMILES string of the molecule is CCCCCCCO[Si](OCCCCC)(OCCCCC)OCCCCCCC. The lowest BCUT2D eigenvalue weighted by molar-refractivity contribution is -0.0374. The van der Waals surface area contributed by atoms with Gasteiger partial charge in [0.1, 0.15) is 0 Å². The van der Waals surface area contributed by atoms with E-state index in [-0.39, 0.29) is 0 Å². The summed E-state index contributed by atoms with van der Waals surface area (Å²) in [6.07, 6.45) is 19.0. The fraction of sp³-hybridized carbons (Fsp3) is 1.00. The largest absolute Gasteiger partial charge is 0.679 e. The van der Waals surface area contributed by atoms with Gasteiger partial charge in [-0.3, -0.25) is 0 Å². The van der Waals surface area contributed by atoms with Crippen molar-refractivity contribution in [1.82, 2.24) is 0 Å². The van der Waals surface area contributed by atoms with Crippen LogP contribution in [0, 0.1) is 0 Å². The van der Waals surface area contributed by atoms with Crippen molar-refractivity contribution in [3.05, 3.63) is 0 Å². The Bertz CT molecular complexity index is 285. The highest BCUT2D eigenvalue weighted by Crippen LogP contribution is 2.17. The van der Waals surface area contributed by atoms with E-state index in [1.807, 2.05) is 0 Å². The molecule has 176 valence electrons. The van der Waals surface area contributed by atoms with E-state index >= 15 is 0 Å². The molecule has 0 N–H and O–H groups in total. The van der Waals surface area contributed by atoms with E-state index in [0.29, 0.717) is 26.4 Å². The molecule has 0 amide bonds. The zero-order valence-electron chi connectivity index (χ0n) is 20.3. The first kappa shape index (κ1) is 29.1. The minimum absolute atomic E-state index is 0.680.